The molecule has 0 spiro atoms. The van der Waals surface area contributed by atoms with Crippen LogP contribution in [0.2, 0.25) is 0 Å². The van der Waals surface area contributed by atoms with Gasteiger partial charge in [-0.3, -0.25) is 4.79 Å². The average molecular weight is 322 g/mol. The summed E-state index contributed by atoms with van der Waals surface area (Å²) in [4.78, 5) is 13.0. The second kappa shape index (κ2) is 8.89. The predicted octanol–water partition coefficient (Wildman–Crippen LogP) is 0.593. The molecule has 0 amide bonds. The Hall–Kier alpha value is -1.59. The van der Waals surface area contributed by atoms with E-state index < -0.39 is 6.10 Å². The molecule has 1 aromatic carbocycles. The van der Waals surface area contributed by atoms with Gasteiger partial charge in [0.2, 0.25) is 0 Å². The number of aliphatic hydroxyl groups is 1. The first kappa shape index (κ1) is 17.8. The monoisotopic (exact) mass is 322 g/mol. The van der Waals surface area contributed by atoms with E-state index in [1.165, 1.54) is 4.90 Å². The molecule has 0 aromatic heterocycles. The number of rotatable bonds is 7. The van der Waals surface area contributed by atoms with Gasteiger partial charge in [-0.25, -0.2) is 0 Å². The molecule has 2 rings (SSSR count). The van der Waals surface area contributed by atoms with Crippen LogP contribution < -0.4 is 9.64 Å². The van der Waals surface area contributed by atoms with Crippen molar-refractivity contribution in [3.8, 4) is 5.75 Å². The molecule has 1 fully saturated rings. The lowest BCUT2D eigenvalue weighted by atomic mass is 9.97. The number of ether oxygens (including phenoxy) is 2. The number of carbonyl (C=O) groups is 1. The highest BCUT2D eigenvalue weighted by molar-refractivity contribution is 5.72. The molecule has 1 aliphatic rings. The van der Waals surface area contributed by atoms with E-state index in [9.17, 15) is 9.90 Å². The summed E-state index contributed by atoms with van der Waals surface area (Å²) in [6, 6.07) is 7.81. The molecule has 5 nitrogen and oxygen atoms in total. The summed E-state index contributed by atoms with van der Waals surface area (Å²) in [5.74, 6) is 0.775. The predicted molar refractivity (Wildman–Crippen MR) is 87.6 cm³/mol. The molecule has 128 valence electrons. The van der Waals surface area contributed by atoms with E-state index >= 15 is 0 Å². The number of likely N-dealkylation sites (tertiary alicyclic amines) is 1. The van der Waals surface area contributed by atoms with E-state index in [1.54, 1.807) is 0 Å². The van der Waals surface area contributed by atoms with Gasteiger partial charge in [0.25, 0.3) is 0 Å². The van der Waals surface area contributed by atoms with Crippen LogP contribution in [0.15, 0.2) is 24.3 Å². The maximum absolute atomic E-state index is 11.7. The summed E-state index contributed by atoms with van der Waals surface area (Å²) < 4.78 is 10.8. The van der Waals surface area contributed by atoms with Crippen LogP contribution in [0.3, 0.4) is 0 Å². The molecule has 1 aromatic rings. The molecule has 1 atom stereocenters. The van der Waals surface area contributed by atoms with Gasteiger partial charge in [0.15, 0.2) is 0 Å². The van der Waals surface area contributed by atoms with Gasteiger partial charge in [-0.15, -0.1) is 0 Å². The summed E-state index contributed by atoms with van der Waals surface area (Å²) in [5, 5.41) is 10.2. The molecule has 1 aliphatic heterocycles. The van der Waals surface area contributed by atoms with Crippen LogP contribution in [0.25, 0.3) is 0 Å². The second-order valence-electron chi connectivity index (χ2n) is 6.21. The summed E-state index contributed by atoms with van der Waals surface area (Å²) in [6.07, 6.45) is 1.17. The molecule has 0 bridgehead atoms. The van der Waals surface area contributed by atoms with Crippen molar-refractivity contribution in [2.75, 3.05) is 32.8 Å². The number of hydrogen-bond acceptors (Lipinski definition) is 4. The zero-order valence-corrected chi connectivity index (χ0v) is 14.1. The minimum Gasteiger partial charge on any atom is -0.490 e. The van der Waals surface area contributed by atoms with Crippen molar-refractivity contribution >= 4 is 5.97 Å². The van der Waals surface area contributed by atoms with Crippen molar-refractivity contribution in [2.45, 2.75) is 32.8 Å². The fraction of sp³-hybridized carbons (Fsp3) is 0.611. The van der Waals surface area contributed by atoms with E-state index in [0.29, 0.717) is 19.8 Å². The quantitative estimate of drug-likeness (QED) is 0.722. The molecule has 1 saturated heterocycles. The van der Waals surface area contributed by atoms with Gasteiger partial charge < -0.3 is 19.5 Å². The first-order valence-electron chi connectivity index (χ1n) is 8.46. The standard InChI is InChI=1S/C18H27NO4/c1-3-22-18(21)15-8-10-19(11-9-15)12-16(20)13-23-17-7-5-4-6-14(17)2/h4-7,15-16,20H,3,8-13H2,1-2H3/p+1/t16-/m0/s1. The maximum atomic E-state index is 11.7. The van der Waals surface area contributed by atoms with Crippen molar-refractivity contribution in [2.24, 2.45) is 5.92 Å². The number of nitrogens with one attached hydrogen (secondary N) is 1. The number of hydrogen-bond donors (Lipinski definition) is 2. The third kappa shape index (κ3) is 5.52. The van der Waals surface area contributed by atoms with E-state index in [-0.39, 0.29) is 11.9 Å². The summed E-state index contributed by atoms with van der Waals surface area (Å²) in [7, 11) is 0. The molecule has 0 radical (unpaired) electrons. The Bertz CT molecular complexity index is 498. The number of piperidine rings is 1. The van der Waals surface area contributed by atoms with Gasteiger partial charge >= 0.3 is 5.97 Å². The van der Waals surface area contributed by atoms with Crippen LogP contribution in [0.1, 0.15) is 25.3 Å². The molecule has 2 N–H and O–H groups in total. The van der Waals surface area contributed by atoms with E-state index in [4.69, 9.17) is 9.47 Å². The van der Waals surface area contributed by atoms with Crippen molar-refractivity contribution in [1.29, 1.82) is 0 Å². The second-order valence-corrected chi connectivity index (χ2v) is 6.21. The number of aryl methyl sites for hydroxylation is 1. The molecular formula is C18H28NO4+. The number of quaternary nitrogens is 1. The lowest BCUT2D eigenvalue weighted by Crippen LogP contribution is -3.14. The van der Waals surface area contributed by atoms with Gasteiger partial charge in [0, 0.05) is 12.8 Å². The van der Waals surface area contributed by atoms with E-state index in [2.05, 4.69) is 0 Å². The van der Waals surface area contributed by atoms with Gasteiger partial charge in [-0.1, -0.05) is 18.2 Å². The third-order valence-electron chi connectivity index (χ3n) is 4.36. The molecule has 23 heavy (non-hydrogen) atoms. The third-order valence-corrected chi connectivity index (χ3v) is 4.36. The van der Waals surface area contributed by atoms with Crippen molar-refractivity contribution in [3.63, 3.8) is 0 Å². The number of carbonyl (C=O) groups excluding carboxylic acids is 1. The SMILES string of the molecule is CCOC(=O)C1CC[NH+](C[C@H](O)COc2ccccc2C)CC1. The zero-order chi connectivity index (χ0) is 16.7. The maximum Gasteiger partial charge on any atom is 0.309 e. The van der Waals surface area contributed by atoms with E-state index in [0.717, 1.165) is 37.2 Å². The number of esters is 1. The first-order valence-corrected chi connectivity index (χ1v) is 8.46. The van der Waals surface area contributed by atoms with Crippen LogP contribution in [0.4, 0.5) is 0 Å². The van der Waals surface area contributed by atoms with Crippen LogP contribution >= 0.6 is 0 Å². The average Bonchev–Trinajstić information content (AvgIpc) is 2.55. The largest absolute Gasteiger partial charge is 0.490 e. The van der Waals surface area contributed by atoms with Gasteiger partial charge in [0.05, 0.1) is 25.6 Å². The molecule has 0 aliphatic carbocycles. The topological polar surface area (TPSA) is 60.2 Å². The minimum absolute atomic E-state index is 0.0269. The lowest BCUT2D eigenvalue weighted by Gasteiger charge is -2.29. The zero-order valence-electron chi connectivity index (χ0n) is 14.1. The summed E-state index contributed by atoms with van der Waals surface area (Å²) in [6.45, 7) is 7.02. The number of benzene rings is 1. The Kier molecular flexibility index (Phi) is 6.86. The summed E-state index contributed by atoms with van der Waals surface area (Å²) >= 11 is 0. The van der Waals surface area contributed by atoms with Crippen molar-refractivity contribution < 1.29 is 24.3 Å². The Morgan fingerprint density at radius 2 is 2.04 bits per heavy atom. The molecule has 5 heteroatoms. The van der Waals surface area contributed by atoms with Crippen molar-refractivity contribution in [3.05, 3.63) is 29.8 Å². The fourth-order valence-electron chi connectivity index (χ4n) is 3.02. The lowest BCUT2D eigenvalue weighted by molar-refractivity contribution is -0.908. The molecular weight excluding hydrogens is 294 g/mol. The highest BCUT2D eigenvalue weighted by Gasteiger charge is 2.29. The Labute approximate surface area is 138 Å². The van der Waals surface area contributed by atoms with Gasteiger partial charge in [-0.2, -0.15) is 0 Å². The Balaban J connectivity index is 1.69. The first-order chi connectivity index (χ1) is 11.1. The number of para-hydroxylation sites is 1. The van der Waals surface area contributed by atoms with Crippen LogP contribution in [0, 0.1) is 12.8 Å². The van der Waals surface area contributed by atoms with E-state index in [1.807, 2.05) is 38.1 Å². The Morgan fingerprint density at radius 1 is 1.35 bits per heavy atom. The van der Waals surface area contributed by atoms with Gasteiger partial charge in [-0.05, 0) is 25.5 Å². The molecule has 0 saturated carbocycles. The molecule has 1 heterocycles. The van der Waals surface area contributed by atoms with Crippen molar-refractivity contribution in [1.82, 2.24) is 0 Å². The van der Waals surface area contributed by atoms with Crippen LogP contribution in [-0.2, 0) is 9.53 Å². The van der Waals surface area contributed by atoms with Gasteiger partial charge in [0.1, 0.15) is 25.0 Å². The van der Waals surface area contributed by atoms with Crippen LogP contribution in [-0.4, -0.2) is 50.0 Å². The Morgan fingerprint density at radius 3 is 2.70 bits per heavy atom. The smallest absolute Gasteiger partial charge is 0.309 e. The van der Waals surface area contributed by atoms with Crippen LogP contribution in [0.5, 0.6) is 5.75 Å². The fourth-order valence-corrected chi connectivity index (χ4v) is 3.02. The number of aliphatic hydroxyl groups excluding tert-OH is 1. The minimum atomic E-state index is -0.497. The highest BCUT2D eigenvalue weighted by Crippen LogP contribution is 2.16. The molecule has 0 unspecified atom stereocenters. The highest BCUT2D eigenvalue weighted by atomic mass is 16.5. The summed E-state index contributed by atoms with van der Waals surface area (Å²) in [5.41, 5.74) is 1.07. The normalized spacial score (nSPS) is 22.4.